The molecule has 7 heteroatoms. The van der Waals surface area contributed by atoms with Gasteiger partial charge in [0, 0.05) is 6.04 Å². The molecular weight excluding hydrogens is 320 g/mol. The fraction of sp³-hybridized carbons (Fsp3) is 0.389. The van der Waals surface area contributed by atoms with Crippen LogP contribution in [0.3, 0.4) is 0 Å². The molecule has 0 radical (unpaired) electrons. The number of ether oxygens (including phenoxy) is 1. The van der Waals surface area contributed by atoms with Gasteiger partial charge in [0.05, 0.1) is 13.3 Å². The molecule has 1 atom stereocenters. The molecule has 0 spiro atoms. The van der Waals surface area contributed by atoms with Crippen LogP contribution in [0, 0.1) is 13.8 Å². The van der Waals surface area contributed by atoms with Crippen molar-refractivity contribution in [3.63, 3.8) is 0 Å². The van der Waals surface area contributed by atoms with E-state index >= 15 is 0 Å². The number of benzene rings is 1. The van der Waals surface area contributed by atoms with E-state index in [9.17, 15) is 9.59 Å². The molecule has 0 saturated carbocycles. The zero-order chi connectivity index (χ0) is 18.7. The van der Waals surface area contributed by atoms with E-state index in [1.54, 1.807) is 10.7 Å². The number of nitrogens with zero attached hydrogens (tertiary/aromatic N) is 2. The molecule has 7 nitrogen and oxygen atoms in total. The largest absolute Gasteiger partial charge is 0.467 e. The van der Waals surface area contributed by atoms with Crippen LogP contribution >= 0.6 is 0 Å². The van der Waals surface area contributed by atoms with E-state index < -0.39 is 17.9 Å². The molecule has 0 aliphatic rings. The molecule has 3 N–H and O–H groups in total. The Balaban J connectivity index is 2.32. The Morgan fingerprint density at radius 2 is 1.92 bits per heavy atom. The number of aryl methyl sites for hydroxylation is 2. The van der Waals surface area contributed by atoms with E-state index in [0.29, 0.717) is 5.56 Å². The summed E-state index contributed by atoms with van der Waals surface area (Å²) in [5, 5.41) is 6.81. The second-order valence-electron chi connectivity index (χ2n) is 6.26. The molecule has 0 saturated heterocycles. The first kappa shape index (κ1) is 18.5. The smallest absolute Gasteiger partial charge is 0.333 e. The Hall–Kier alpha value is -2.83. The Morgan fingerprint density at radius 3 is 2.44 bits per heavy atom. The number of nitrogens with two attached hydrogens (primary N) is 1. The third-order valence-corrected chi connectivity index (χ3v) is 4.14. The van der Waals surface area contributed by atoms with Gasteiger partial charge in [-0.15, -0.1) is 0 Å². The standard InChI is InChI=1S/C18H24N4O3/c1-10(2)22-16(19)14(9-20-22)17(23)21-15(18(24)25-5)13-7-6-11(3)12(4)8-13/h6-10,15H,19H2,1-5H3,(H,21,23)/t15-/m0/s1. The van der Waals surface area contributed by atoms with E-state index in [2.05, 4.69) is 10.4 Å². The van der Waals surface area contributed by atoms with Crippen LogP contribution in [-0.4, -0.2) is 28.8 Å². The van der Waals surface area contributed by atoms with Crippen molar-refractivity contribution in [2.24, 2.45) is 0 Å². The van der Waals surface area contributed by atoms with Crippen LogP contribution in [0.15, 0.2) is 24.4 Å². The van der Waals surface area contributed by atoms with E-state index in [4.69, 9.17) is 10.5 Å². The van der Waals surface area contributed by atoms with Gasteiger partial charge in [-0.2, -0.15) is 5.10 Å². The first-order valence-corrected chi connectivity index (χ1v) is 8.05. The lowest BCUT2D eigenvalue weighted by atomic mass is 10.0. The van der Waals surface area contributed by atoms with E-state index in [1.165, 1.54) is 13.3 Å². The number of nitrogen functional groups attached to an aromatic ring is 1. The zero-order valence-electron chi connectivity index (χ0n) is 15.2. The summed E-state index contributed by atoms with van der Waals surface area (Å²) in [7, 11) is 1.29. The summed E-state index contributed by atoms with van der Waals surface area (Å²) in [6.45, 7) is 7.75. The van der Waals surface area contributed by atoms with Gasteiger partial charge in [-0.05, 0) is 44.4 Å². The topological polar surface area (TPSA) is 99.2 Å². The van der Waals surface area contributed by atoms with E-state index in [1.807, 2.05) is 39.8 Å². The average molecular weight is 344 g/mol. The van der Waals surface area contributed by atoms with E-state index in [0.717, 1.165) is 11.1 Å². The number of nitrogens with one attached hydrogen (secondary N) is 1. The molecular formula is C18H24N4O3. The molecule has 0 aliphatic heterocycles. The first-order valence-electron chi connectivity index (χ1n) is 8.05. The Labute approximate surface area is 147 Å². The fourth-order valence-electron chi connectivity index (χ4n) is 2.51. The highest BCUT2D eigenvalue weighted by Gasteiger charge is 2.26. The minimum absolute atomic E-state index is 0.0257. The third-order valence-electron chi connectivity index (χ3n) is 4.14. The highest BCUT2D eigenvalue weighted by Crippen LogP contribution is 2.21. The van der Waals surface area contributed by atoms with Crippen molar-refractivity contribution >= 4 is 17.7 Å². The normalized spacial score (nSPS) is 12.1. The SMILES string of the molecule is COC(=O)[C@@H](NC(=O)c1cnn(C(C)C)c1N)c1ccc(C)c(C)c1. The van der Waals surface area contributed by atoms with Gasteiger partial charge in [-0.1, -0.05) is 18.2 Å². The van der Waals surface area contributed by atoms with Gasteiger partial charge in [0.1, 0.15) is 11.4 Å². The van der Waals surface area contributed by atoms with Crippen LogP contribution in [0.5, 0.6) is 0 Å². The van der Waals surface area contributed by atoms with Crippen LogP contribution in [-0.2, 0) is 9.53 Å². The number of rotatable bonds is 5. The van der Waals surface area contributed by atoms with Crippen molar-refractivity contribution in [1.82, 2.24) is 15.1 Å². The van der Waals surface area contributed by atoms with Crippen LogP contribution in [0.4, 0.5) is 5.82 Å². The van der Waals surface area contributed by atoms with Gasteiger partial charge in [0.25, 0.3) is 5.91 Å². The summed E-state index contributed by atoms with van der Waals surface area (Å²) in [6, 6.07) is 4.66. The molecule has 1 aromatic carbocycles. The monoisotopic (exact) mass is 344 g/mol. The second kappa shape index (κ2) is 7.38. The van der Waals surface area contributed by atoms with Crippen molar-refractivity contribution in [1.29, 1.82) is 0 Å². The van der Waals surface area contributed by atoms with Crippen LogP contribution < -0.4 is 11.1 Å². The molecule has 1 aromatic heterocycles. The number of aromatic nitrogens is 2. The quantitative estimate of drug-likeness (QED) is 0.811. The highest BCUT2D eigenvalue weighted by atomic mass is 16.5. The number of hydrogen-bond donors (Lipinski definition) is 2. The number of carbonyl (C=O) groups excluding carboxylic acids is 2. The second-order valence-corrected chi connectivity index (χ2v) is 6.26. The molecule has 1 heterocycles. The van der Waals surface area contributed by atoms with Crippen LogP contribution in [0.2, 0.25) is 0 Å². The first-order chi connectivity index (χ1) is 11.8. The summed E-state index contributed by atoms with van der Waals surface area (Å²) >= 11 is 0. The van der Waals surface area contributed by atoms with Crippen LogP contribution in [0.25, 0.3) is 0 Å². The average Bonchev–Trinajstić information content (AvgIpc) is 2.96. The van der Waals surface area contributed by atoms with Gasteiger partial charge >= 0.3 is 5.97 Å². The molecule has 134 valence electrons. The number of methoxy groups -OCH3 is 1. The number of amides is 1. The summed E-state index contributed by atoms with van der Waals surface area (Å²) < 4.78 is 6.40. The minimum Gasteiger partial charge on any atom is -0.467 e. The molecule has 2 rings (SSSR count). The van der Waals surface area contributed by atoms with Crippen molar-refractivity contribution < 1.29 is 14.3 Å². The van der Waals surface area contributed by atoms with Gasteiger partial charge in [0.2, 0.25) is 0 Å². The Morgan fingerprint density at radius 1 is 1.24 bits per heavy atom. The highest BCUT2D eigenvalue weighted by molar-refractivity contribution is 6.00. The van der Waals surface area contributed by atoms with Gasteiger partial charge < -0.3 is 15.8 Å². The summed E-state index contributed by atoms with van der Waals surface area (Å²) in [6.07, 6.45) is 1.40. The molecule has 2 aromatic rings. The maximum atomic E-state index is 12.6. The van der Waals surface area contributed by atoms with Crippen LogP contribution in [0.1, 0.15) is 53.0 Å². The fourth-order valence-corrected chi connectivity index (χ4v) is 2.51. The lowest BCUT2D eigenvalue weighted by Crippen LogP contribution is -2.35. The lowest BCUT2D eigenvalue weighted by molar-refractivity contribution is -0.143. The number of hydrogen-bond acceptors (Lipinski definition) is 5. The third kappa shape index (κ3) is 3.81. The number of anilines is 1. The minimum atomic E-state index is -0.918. The lowest BCUT2D eigenvalue weighted by Gasteiger charge is -2.18. The molecule has 1 amide bonds. The predicted molar refractivity (Wildman–Crippen MR) is 95.2 cm³/mol. The maximum Gasteiger partial charge on any atom is 0.333 e. The van der Waals surface area contributed by atoms with Gasteiger partial charge in [-0.3, -0.25) is 4.79 Å². The summed E-state index contributed by atoms with van der Waals surface area (Å²) in [4.78, 5) is 24.8. The Bertz CT molecular complexity index is 796. The van der Waals surface area contributed by atoms with Crippen molar-refractivity contribution in [2.45, 2.75) is 39.8 Å². The number of esters is 1. The van der Waals surface area contributed by atoms with E-state index in [-0.39, 0.29) is 17.4 Å². The Kier molecular flexibility index (Phi) is 5.46. The molecule has 0 unspecified atom stereocenters. The molecule has 25 heavy (non-hydrogen) atoms. The van der Waals surface area contributed by atoms with Crippen molar-refractivity contribution in [2.75, 3.05) is 12.8 Å². The summed E-state index contributed by atoms with van der Waals surface area (Å²) in [5.74, 6) is -0.763. The molecule has 0 aliphatic carbocycles. The summed E-state index contributed by atoms with van der Waals surface area (Å²) in [5.41, 5.74) is 8.99. The molecule has 0 fully saturated rings. The molecule has 0 bridgehead atoms. The van der Waals surface area contributed by atoms with Gasteiger partial charge in [0.15, 0.2) is 6.04 Å². The maximum absolute atomic E-state index is 12.6. The van der Waals surface area contributed by atoms with Crippen molar-refractivity contribution in [3.05, 3.63) is 46.6 Å². The van der Waals surface area contributed by atoms with Crippen molar-refractivity contribution in [3.8, 4) is 0 Å². The van der Waals surface area contributed by atoms with Gasteiger partial charge in [-0.25, -0.2) is 9.48 Å². The predicted octanol–water partition coefficient (Wildman–Crippen LogP) is 2.31. The zero-order valence-corrected chi connectivity index (χ0v) is 15.2. The number of carbonyl (C=O) groups is 2.